The van der Waals surface area contributed by atoms with Gasteiger partial charge in [0.15, 0.2) is 0 Å². The molecule has 0 spiro atoms. The Labute approximate surface area is 106 Å². The molecule has 2 aliphatic rings. The van der Waals surface area contributed by atoms with Crippen LogP contribution >= 0.6 is 0 Å². The molecule has 1 aliphatic carbocycles. The molecule has 17 heavy (non-hydrogen) atoms. The van der Waals surface area contributed by atoms with E-state index in [1.54, 1.807) is 0 Å². The van der Waals surface area contributed by atoms with Gasteiger partial charge in [-0.25, -0.2) is 0 Å². The lowest BCUT2D eigenvalue weighted by Crippen LogP contribution is -2.41. The summed E-state index contributed by atoms with van der Waals surface area (Å²) < 4.78 is 0. The maximum Gasteiger partial charge on any atom is 0.0637 e. The van der Waals surface area contributed by atoms with Gasteiger partial charge in [0.25, 0.3) is 0 Å². The minimum absolute atomic E-state index is 0.447. The van der Waals surface area contributed by atoms with Crippen molar-refractivity contribution < 1.29 is 5.11 Å². The summed E-state index contributed by atoms with van der Waals surface area (Å²) in [5.74, 6) is 0.780. The molecular formula is C15H29NO. The highest BCUT2D eigenvalue weighted by Gasteiger charge is 2.29. The van der Waals surface area contributed by atoms with E-state index < -0.39 is 5.60 Å². The molecule has 0 bridgehead atoms. The zero-order valence-electron chi connectivity index (χ0n) is 11.4. The standard InChI is InChI=1S/C15H29NO/c1-15(17,11-13-7-3-2-4-8-13)12-14-9-5-6-10-16-14/h13-14,16-17H,2-12H2,1H3. The molecular weight excluding hydrogens is 210 g/mol. The molecule has 2 fully saturated rings. The Morgan fingerprint density at radius 2 is 1.71 bits per heavy atom. The molecule has 1 saturated heterocycles. The molecule has 2 atom stereocenters. The quantitative estimate of drug-likeness (QED) is 0.789. The predicted molar refractivity (Wildman–Crippen MR) is 72.1 cm³/mol. The second-order valence-corrected chi connectivity index (χ2v) is 6.56. The van der Waals surface area contributed by atoms with E-state index in [2.05, 4.69) is 12.2 Å². The molecule has 2 unspecified atom stereocenters. The Hall–Kier alpha value is -0.0800. The Bertz CT molecular complexity index is 193. The van der Waals surface area contributed by atoms with Crippen LogP contribution in [0.2, 0.25) is 0 Å². The molecule has 0 radical (unpaired) electrons. The summed E-state index contributed by atoms with van der Waals surface area (Å²) in [7, 11) is 0. The second kappa shape index (κ2) is 6.19. The molecule has 0 aromatic carbocycles. The van der Waals surface area contributed by atoms with Crippen molar-refractivity contribution in [3.8, 4) is 0 Å². The molecule has 2 N–H and O–H groups in total. The lowest BCUT2D eigenvalue weighted by molar-refractivity contribution is 0.00818. The van der Waals surface area contributed by atoms with Crippen molar-refractivity contribution in [3.63, 3.8) is 0 Å². The zero-order chi connectivity index (χ0) is 12.1. The molecule has 1 aliphatic heterocycles. The van der Waals surface area contributed by atoms with Crippen LogP contribution in [-0.2, 0) is 0 Å². The van der Waals surface area contributed by atoms with Gasteiger partial charge in [-0.2, -0.15) is 0 Å². The summed E-state index contributed by atoms with van der Waals surface area (Å²) in [5.41, 5.74) is -0.447. The molecule has 1 saturated carbocycles. The predicted octanol–water partition coefficient (Wildman–Crippen LogP) is 3.24. The van der Waals surface area contributed by atoms with E-state index in [9.17, 15) is 5.11 Å². The Balaban J connectivity index is 1.75. The third kappa shape index (κ3) is 4.59. The van der Waals surface area contributed by atoms with Crippen molar-refractivity contribution in [2.24, 2.45) is 5.92 Å². The molecule has 2 nitrogen and oxygen atoms in total. The van der Waals surface area contributed by atoms with Crippen LogP contribution in [0.4, 0.5) is 0 Å². The smallest absolute Gasteiger partial charge is 0.0637 e. The monoisotopic (exact) mass is 239 g/mol. The highest BCUT2D eigenvalue weighted by molar-refractivity contribution is 4.85. The van der Waals surface area contributed by atoms with Gasteiger partial charge >= 0.3 is 0 Å². The lowest BCUT2D eigenvalue weighted by atomic mass is 9.79. The summed E-state index contributed by atoms with van der Waals surface area (Å²) in [6, 6.07) is 0.558. The van der Waals surface area contributed by atoms with E-state index in [-0.39, 0.29) is 0 Å². The summed E-state index contributed by atoms with van der Waals surface area (Å²) in [5, 5.41) is 14.1. The van der Waals surface area contributed by atoms with Crippen LogP contribution in [0.25, 0.3) is 0 Å². The van der Waals surface area contributed by atoms with Crippen molar-refractivity contribution in [3.05, 3.63) is 0 Å². The molecule has 2 heteroatoms. The average Bonchev–Trinajstić information content (AvgIpc) is 2.30. The first kappa shape index (κ1) is 13.4. The average molecular weight is 239 g/mol. The lowest BCUT2D eigenvalue weighted by Gasteiger charge is -2.35. The maximum atomic E-state index is 10.6. The minimum atomic E-state index is -0.447. The number of hydrogen-bond acceptors (Lipinski definition) is 2. The Morgan fingerprint density at radius 3 is 2.35 bits per heavy atom. The van der Waals surface area contributed by atoms with Gasteiger partial charge in [-0.05, 0) is 45.1 Å². The first-order valence-electron chi connectivity index (χ1n) is 7.61. The molecule has 100 valence electrons. The largest absolute Gasteiger partial charge is 0.390 e. The topological polar surface area (TPSA) is 32.3 Å². The van der Waals surface area contributed by atoms with Gasteiger partial charge in [0.1, 0.15) is 0 Å². The van der Waals surface area contributed by atoms with Gasteiger partial charge < -0.3 is 10.4 Å². The first-order valence-corrected chi connectivity index (χ1v) is 7.61. The molecule has 0 aromatic heterocycles. The van der Waals surface area contributed by atoms with Crippen LogP contribution in [0.5, 0.6) is 0 Å². The summed E-state index contributed by atoms with van der Waals surface area (Å²) in [6.07, 6.45) is 12.7. The molecule has 2 rings (SSSR count). The van der Waals surface area contributed by atoms with Gasteiger partial charge in [0, 0.05) is 6.04 Å². The fraction of sp³-hybridized carbons (Fsp3) is 1.00. The fourth-order valence-corrected chi connectivity index (χ4v) is 3.73. The van der Waals surface area contributed by atoms with Gasteiger partial charge in [-0.15, -0.1) is 0 Å². The highest BCUT2D eigenvalue weighted by atomic mass is 16.3. The first-order chi connectivity index (χ1) is 8.16. The van der Waals surface area contributed by atoms with Gasteiger partial charge in [0.05, 0.1) is 5.60 Å². The van der Waals surface area contributed by atoms with Crippen molar-refractivity contribution in [1.29, 1.82) is 0 Å². The van der Waals surface area contributed by atoms with E-state index >= 15 is 0 Å². The summed E-state index contributed by atoms with van der Waals surface area (Å²) in [6.45, 7) is 3.20. The molecule has 0 amide bonds. The molecule has 1 heterocycles. The fourth-order valence-electron chi connectivity index (χ4n) is 3.73. The summed E-state index contributed by atoms with van der Waals surface area (Å²) in [4.78, 5) is 0. The van der Waals surface area contributed by atoms with E-state index in [0.717, 1.165) is 25.3 Å². The summed E-state index contributed by atoms with van der Waals surface area (Å²) >= 11 is 0. The van der Waals surface area contributed by atoms with E-state index in [0.29, 0.717) is 6.04 Å². The van der Waals surface area contributed by atoms with Crippen molar-refractivity contribution in [2.75, 3.05) is 6.54 Å². The number of piperidine rings is 1. The van der Waals surface area contributed by atoms with E-state index in [1.807, 2.05) is 0 Å². The van der Waals surface area contributed by atoms with Crippen LogP contribution in [0.3, 0.4) is 0 Å². The molecule has 0 aromatic rings. The number of nitrogens with one attached hydrogen (secondary N) is 1. The second-order valence-electron chi connectivity index (χ2n) is 6.56. The van der Waals surface area contributed by atoms with Crippen molar-refractivity contribution >= 4 is 0 Å². The van der Waals surface area contributed by atoms with E-state index in [4.69, 9.17) is 0 Å². The van der Waals surface area contributed by atoms with Crippen molar-refractivity contribution in [2.45, 2.75) is 82.8 Å². The Kier molecular flexibility index (Phi) is 4.87. The minimum Gasteiger partial charge on any atom is -0.390 e. The van der Waals surface area contributed by atoms with E-state index in [1.165, 1.54) is 51.4 Å². The third-order valence-electron chi connectivity index (χ3n) is 4.55. The van der Waals surface area contributed by atoms with Gasteiger partial charge in [-0.1, -0.05) is 38.5 Å². The van der Waals surface area contributed by atoms with Crippen LogP contribution in [0, 0.1) is 5.92 Å². The number of rotatable bonds is 4. The van der Waals surface area contributed by atoms with Gasteiger partial charge in [0.2, 0.25) is 0 Å². The van der Waals surface area contributed by atoms with Crippen molar-refractivity contribution in [1.82, 2.24) is 5.32 Å². The SMILES string of the molecule is CC(O)(CC1CCCCC1)CC1CCCCN1. The highest BCUT2D eigenvalue weighted by Crippen LogP contribution is 2.33. The van der Waals surface area contributed by atoms with Gasteiger partial charge in [-0.3, -0.25) is 0 Å². The third-order valence-corrected chi connectivity index (χ3v) is 4.55. The van der Waals surface area contributed by atoms with Crippen LogP contribution in [0.15, 0.2) is 0 Å². The van der Waals surface area contributed by atoms with Crippen LogP contribution < -0.4 is 5.32 Å². The number of aliphatic hydroxyl groups is 1. The Morgan fingerprint density at radius 1 is 1.00 bits per heavy atom. The van der Waals surface area contributed by atoms with Crippen LogP contribution in [0.1, 0.15) is 71.1 Å². The number of hydrogen-bond donors (Lipinski definition) is 2. The normalized spacial score (nSPS) is 31.1. The maximum absolute atomic E-state index is 10.6. The van der Waals surface area contributed by atoms with Crippen LogP contribution in [-0.4, -0.2) is 23.3 Å². The zero-order valence-corrected chi connectivity index (χ0v) is 11.4.